The van der Waals surface area contributed by atoms with Crippen LogP contribution in [0.1, 0.15) is 40.5 Å². The number of hydrogen-bond acceptors (Lipinski definition) is 5. The van der Waals surface area contributed by atoms with Gasteiger partial charge in [-0.05, 0) is 40.2 Å². The summed E-state index contributed by atoms with van der Waals surface area (Å²) in [6.45, 7) is 6.50. The van der Waals surface area contributed by atoms with E-state index in [-0.39, 0.29) is 12.2 Å². The van der Waals surface area contributed by atoms with E-state index in [1.807, 2.05) is 5.48 Å². The average molecular weight is 257 g/mol. The number of carbonyl (C=O) groups is 3. The van der Waals surface area contributed by atoms with Crippen LogP contribution in [0.4, 0.5) is 4.79 Å². The topological polar surface area (TPSA) is 81.7 Å². The summed E-state index contributed by atoms with van der Waals surface area (Å²) in [6.07, 6.45) is 2.55. The number of ketones is 1. The largest absolute Gasteiger partial charge is 0.442 e. The third-order valence-electron chi connectivity index (χ3n) is 1.51. The molecule has 18 heavy (non-hydrogen) atoms. The summed E-state index contributed by atoms with van der Waals surface area (Å²) in [7, 11) is 0. The first-order valence-electron chi connectivity index (χ1n) is 5.56. The van der Waals surface area contributed by atoms with Crippen LogP contribution in [0.5, 0.6) is 0 Å². The van der Waals surface area contributed by atoms with E-state index in [0.717, 1.165) is 0 Å². The number of hydroxylamine groups is 1. The van der Waals surface area contributed by atoms with E-state index in [1.54, 1.807) is 26.8 Å². The molecule has 0 rings (SSSR count). The highest BCUT2D eigenvalue weighted by Gasteiger charge is 2.17. The van der Waals surface area contributed by atoms with Crippen LogP contribution >= 0.6 is 0 Å². The summed E-state index contributed by atoms with van der Waals surface area (Å²) in [6, 6.07) is 0. The normalized spacial score (nSPS) is 11.1. The van der Waals surface area contributed by atoms with Crippen molar-refractivity contribution in [1.29, 1.82) is 0 Å². The number of carbonyl (C=O) groups excluding carboxylic acids is 3. The first kappa shape index (κ1) is 16.1. The molecular formula is C12H19NO5. The summed E-state index contributed by atoms with van der Waals surface area (Å²) in [5.41, 5.74) is 1.23. The van der Waals surface area contributed by atoms with Gasteiger partial charge in [0.2, 0.25) is 0 Å². The minimum atomic E-state index is -0.824. The molecule has 0 aliphatic rings. The molecule has 0 fully saturated rings. The van der Waals surface area contributed by atoms with E-state index in [2.05, 4.69) is 4.84 Å². The first-order valence-corrected chi connectivity index (χ1v) is 5.56. The molecule has 0 aliphatic carbocycles. The van der Waals surface area contributed by atoms with Gasteiger partial charge in [-0.25, -0.2) is 9.59 Å². The molecule has 1 N–H and O–H groups in total. The van der Waals surface area contributed by atoms with Gasteiger partial charge in [-0.15, -0.1) is 5.48 Å². The number of nitrogens with one attached hydrogen (secondary N) is 1. The molecule has 0 aliphatic heterocycles. The molecule has 0 saturated heterocycles. The summed E-state index contributed by atoms with van der Waals surface area (Å²) >= 11 is 0. The van der Waals surface area contributed by atoms with Crippen molar-refractivity contribution in [2.24, 2.45) is 0 Å². The van der Waals surface area contributed by atoms with Crippen molar-refractivity contribution >= 4 is 17.8 Å². The summed E-state index contributed by atoms with van der Waals surface area (Å²) in [5.74, 6) is -0.690. The second kappa shape index (κ2) is 7.47. The highest BCUT2D eigenvalue weighted by molar-refractivity contribution is 5.87. The summed E-state index contributed by atoms with van der Waals surface area (Å²) in [5, 5.41) is 0. The first-order chi connectivity index (χ1) is 8.20. The Morgan fingerprint density at radius 1 is 1.22 bits per heavy atom. The van der Waals surface area contributed by atoms with E-state index in [0.29, 0.717) is 6.42 Å². The van der Waals surface area contributed by atoms with Gasteiger partial charge in [0.15, 0.2) is 5.78 Å². The Labute approximate surface area is 106 Å². The lowest BCUT2D eigenvalue weighted by Gasteiger charge is -2.19. The van der Waals surface area contributed by atoms with Gasteiger partial charge in [-0.3, -0.25) is 4.79 Å². The highest BCUT2D eigenvalue weighted by atomic mass is 16.7. The van der Waals surface area contributed by atoms with Crippen LogP contribution < -0.4 is 5.48 Å². The second-order valence-electron chi connectivity index (χ2n) is 4.63. The van der Waals surface area contributed by atoms with Gasteiger partial charge >= 0.3 is 12.1 Å². The molecule has 0 radical (unpaired) electrons. The lowest BCUT2D eigenvalue weighted by atomic mass is 10.2. The molecule has 0 heterocycles. The number of allylic oxidation sites excluding steroid dienone is 2. The number of amides is 1. The predicted octanol–water partition coefficient (Wildman–Crippen LogP) is 1.89. The Hall–Kier alpha value is -1.85. The molecule has 0 aromatic rings. The van der Waals surface area contributed by atoms with Crippen molar-refractivity contribution in [3.05, 3.63) is 12.2 Å². The Kier molecular flexibility index (Phi) is 6.70. The lowest BCUT2D eigenvalue weighted by Crippen LogP contribution is -2.34. The van der Waals surface area contributed by atoms with Crippen molar-refractivity contribution in [3.63, 3.8) is 0 Å². The molecule has 0 aromatic heterocycles. The minimum Gasteiger partial charge on any atom is -0.442 e. The maximum atomic E-state index is 11.1. The number of ether oxygens (including phenoxy) is 1. The molecule has 0 aromatic carbocycles. The fourth-order valence-corrected chi connectivity index (χ4v) is 0.899. The molecular weight excluding hydrogens is 238 g/mol. The third-order valence-corrected chi connectivity index (χ3v) is 1.51. The Bertz CT molecular complexity index is 341. The minimum absolute atomic E-state index is 0.0690. The van der Waals surface area contributed by atoms with Crippen LogP contribution in [-0.2, 0) is 19.2 Å². The SMILES string of the molecule is CC(=O)C=CCCC(=O)ONC(=O)OC(C)(C)C. The van der Waals surface area contributed by atoms with Gasteiger partial charge in [-0.2, -0.15) is 0 Å². The summed E-state index contributed by atoms with van der Waals surface area (Å²) < 4.78 is 4.86. The van der Waals surface area contributed by atoms with Gasteiger partial charge < -0.3 is 9.57 Å². The van der Waals surface area contributed by atoms with Crippen LogP contribution in [0.25, 0.3) is 0 Å². The molecule has 0 bridgehead atoms. The van der Waals surface area contributed by atoms with Gasteiger partial charge in [0.1, 0.15) is 5.60 Å². The highest BCUT2D eigenvalue weighted by Crippen LogP contribution is 2.06. The van der Waals surface area contributed by atoms with Crippen molar-refractivity contribution in [1.82, 2.24) is 5.48 Å². The Balaban J connectivity index is 3.77. The number of hydrogen-bond donors (Lipinski definition) is 1. The molecule has 0 atom stereocenters. The van der Waals surface area contributed by atoms with E-state index < -0.39 is 17.7 Å². The molecule has 0 saturated carbocycles. The maximum absolute atomic E-state index is 11.1. The van der Waals surface area contributed by atoms with Gasteiger partial charge in [0, 0.05) is 0 Å². The van der Waals surface area contributed by atoms with Crippen molar-refractivity contribution in [2.45, 2.75) is 46.1 Å². The van der Waals surface area contributed by atoms with Crippen LogP contribution in [0.15, 0.2) is 12.2 Å². The molecule has 1 amide bonds. The van der Waals surface area contributed by atoms with Gasteiger partial charge in [0.05, 0.1) is 6.42 Å². The zero-order valence-corrected chi connectivity index (χ0v) is 11.1. The molecule has 6 nitrogen and oxygen atoms in total. The molecule has 0 unspecified atom stereocenters. The van der Waals surface area contributed by atoms with Crippen molar-refractivity contribution in [3.8, 4) is 0 Å². The zero-order valence-electron chi connectivity index (χ0n) is 11.1. The fourth-order valence-electron chi connectivity index (χ4n) is 0.899. The standard InChI is InChI=1S/C12H19NO5/c1-9(14)7-5-6-8-10(15)18-13-11(16)17-12(2,3)4/h5,7H,6,8H2,1-4H3,(H,13,16). The monoisotopic (exact) mass is 257 g/mol. The van der Waals surface area contributed by atoms with Crippen LogP contribution in [-0.4, -0.2) is 23.4 Å². The fraction of sp³-hybridized carbons (Fsp3) is 0.583. The van der Waals surface area contributed by atoms with Crippen molar-refractivity contribution < 1.29 is 24.0 Å². The lowest BCUT2D eigenvalue weighted by molar-refractivity contribution is -0.150. The van der Waals surface area contributed by atoms with Crippen LogP contribution in [0.2, 0.25) is 0 Å². The smallest absolute Gasteiger partial charge is 0.441 e. The molecule has 0 spiro atoms. The third kappa shape index (κ3) is 10.7. The van der Waals surface area contributed by atoms with Crippen LogP contribution in [0, 0.1) is 0 Å². The van der Waals surface area contributed by atoms with E-state index in [1.165, 1.54) is 13.0 Å². The van der Waals surface area contributed by atoms with E-state index in [4.69, 9.17) is 4.74 Å². The predicted molar refractivity (Wildman–Crippen MR) is 64.5 cm³/mol. The zero-order chi connectivity index (χ0) is 14.2. The van der Waals surface area contributed by atoms with E-state index >= 15 is 0 Å². The quantitative estimate of drug-likeness (QED) is 0.614. The molecule has 6 heteroatoms. The van der Waals surface area contributed by atoms with Gasteiger partial charge in [0.25, 0.3) is 0 Å². The Morgan fingerprint density at radius 3 is 2.33 bits per heavy atom. The van der Waals surface area contributed by atoms with Crippen LogP contribution in [0.3, 0.4) is 0 Å². The van der Waals surface area contributed by atoms with Crippen molar-refractivity contribution in [2.75, 3.05) is 0 Å². The Morgan fingerprint density at radius 2 is 1.83 bits per heavy atom. The maximum Gasteiger partial charge on any atom is 0.441 e. The summed E-state index contributed by atoms with van der Waals surface area (Å²) in [4.78, 5) is 37.3. The van der Waals surface area contributed by atoms with Gasteiger partial charge in [-0.1, -0.05) is 6.08 Å². The number of rotatable bonds is 4. The van der Waals surface area contributed by atoms with E-state index in [9.17, 15) is 14.4 Å². The average Bonchev–Trinajstić information content (AvgIpc) is 2.19. The molecule has 102 valence electrons. The second-order valence-corrected chi connectivity index (χ2v) is 4.63.